The summed E-state index contributed by atoms with van der Waals surface area (Å²) in [5, 5.41) is 4.18. The quantitative estimate of drug-likeness (QED) is 0.812. The van der Waals surface area contributed by atoms with Crippen LogP contribution in [0.25, 0.3) is 0 Å². The van der Waals surface area contributed by atoms with Gasteiger partial charge in [0.15, 0.2) is 0 Å². The Bertz CT molecular complexity index is 716. The van der Waals surface area contributed by atoms with E-state index in [1.165, 1.54) is 29.7 Å². The first-order valence-electron chi connectivity index (χ1n) is 7.94. The van der Waals surface area contributed by atoms with Crippen LogP contribution in [0.3, 0.4) is 0 Å². The van der Waals surface area contributed by atoms with Crippen molar-refractivity contribution in [3.8, 4) is 0 Å². The standard InChI is InChI=1S/C16H22N2O2S3/c1-2-14-5-6-16(22-14)23(19,20)17-11-15(13-7-10-21-12-13)18-8-3-4-9-18/h5-7,10,12,15,17H,2-4,8-9,11H2,1H3. The zero-order valence-electron chi connectivity index (χ0n) is 13.2. The highest BCUT2D eigenvalue weighted by atomic mass is 32.2. The minimum absolute atomic E-state index is 0.129. The summed E-state index contributed by atoms with van der Waals surface area (Å²) in [5.74, 6) is 0. The number of hydrogen-bond donors (Lipinski definition) is 1. The van der Waals surface area contributed by atoms with Crippen LogP contribution in [-0.4, -0.2) is 33.0 Å². The topological polar surface area (TPSA) is 49.4 Å². The molecule has 2 aromatic rings. The van der Waals surface area contributed by atoms with Crippen LogP contribution < -0.4 is 4.72 Å². The molecule has 1 N–H and O–H groups in total. The lowest BCUT2D eigenvalue weighted by atomic mass is 10.1. The van der Waals surface area contributed by atoms with E-state index in [1.807, 2.05) is 13.0 Å². The lowest BCUT2D eigenvalue weighted by Gasteiger charge is -2.27. The fourth-order valence-corrected chi connectivity index (χ4v) is 6.01. The summed E-state index contributed by atoms with van der Waals surface area (Å²) >= 11 is 3.02. The molecular formula is C16H22N2O2S3. The van der Waals surface area contributed by atoms with Crippen LogP contribution in [0.5, 0.6) is 0 Å². The van der Waals surface area contributed by atoms with Crippen molar-refractivity contribution in [2.24, 2.45) is 0 Å². The van der Waals surface area contributed by atoms with E-state index >= 15 is 0 Å². The van der Waals surface area contributed by atoms with Crippen LogP contribution in [0.2, 0.25) is 0 Å². The number of hydrogen-bond acceptors (Lipinski definition) is 5. The Morgan fingerprint density at radius 2 is 2.04 bits per heavy atom. The first kappa shape index (κ1) is 17.1. The largest absolute Gasteiger partial charge is 0.295 e. The van der Waals surface area contributed by atoms with Gasteiger partial charge in [-0.2, -0.15) is 11.3 Å². The fraction of sp³-hybridized carbons (Fsp3) is 0.500. The molecule has 0 amide bonds. The molecule has 4 nitrogen and oxygen atoms in total. The van der Waals surface area contributed by atoms with E-state index in [0.717, 1.165) is 24.4 Å². The number of rotatable bonds is 7. The summed E-state index contributed by atoms with van der Waals surface area (Å²) in [6.07, 6.45) is 3.25. The summed E-state index contributed by atoms with van der Waals surface area (Å²) in [6, 6.07) is 5.84. The van der Waals surface area contributed by atoms with Crippen LogP contribution in [0.15, 0.2) is 33.2 Å². The fourth-order valence-electron chi connectivity index (χ4n) is 2.93. The maximum Gasteiger partial charge on any atom is 0.250 e. The Hall–Kier alpha value is -0.730. The third kappa shape index (κ3) is 4.03. The van der Waals surface area contributed by atoms with Gasteiger partial charge >= 0.3 is 0 Å². The van der Waals surface area contributed by atoms with Crippen molar-refractivity contribution < 1.29 is 8.42 Å². The second-order valence-corrected chi connectivity index (χ2v) is 9.68. The predicted octanol–water partition coefficient (Wildman–Crippen LogP) is 3.49. The van der Waals surface area contributed by atoms with Crippen molar-refractivity contribution in [2.75, 3.05) is 19.6 Å². The summed E-state index contributed by atoms with van der Waals surface area (Å²) in [7, 11) is -3.42. The van der Waals surface area contributed by atoms with E-state index in [4.69, 9.17) is 0 Å². The van der Waals surface area contributed by atoms with E-state index in [-0.39, 0.29) is 6.04 Å². The molecule has 1 unspecified atom stereocenters. The molecule has 1 saturated heterocycles. The van der Waals surface area contributed by atoms with Crippen molar-refractivity contribution >= 4 is 32.7 Å². The number of nitrogens with zero attached hydrogens (tertiary/aromatic N) is 1. The molecule has 126 valence electrons. The van der Waals surface area contributed by atoms with E-state index in [1.54, 1.807) is 17.4 Å². The molecule has 0 bridgehead atoms. The Morgan fingerprint density at radius 3 is 2.65 bits per heavy atom. The number of aryl methyl sites for hydroxylation is 1. The van der Waals surface area contributed by atoms with Gasteiger partial charge in [-0.1, -0.05) is 6.92 Å². The van der Waals surface area contributed by atoms with Gasteiger partial charge in [-0.3, -0.25) is 4.90 Å². The van der Waals surface area contributed by atoms with E-state index in [2.05, 4.69) is 26.4 Å². The van der Waals surface area contributed by atoms with Crippen molar-refractivity contribution in [3.05, 3.63) is 39.4 Å². The average molecular weight is 371 g/mol. The molecular weight excluding hydrogens is 348 g/mol. The van der Waals surface area contributed by atoms with Crippen LogP contribution in [0.1, 0.15) is 36.2 Å². The zero-order chi connectivity index (χ0) is 16.3. The van der Waals surface area contributed by atoms with Gasteiger partial charge in [0.1, 0.15) is 4.21 Å². The SMILES string of the molecule is CCc1ccc(S(=O)(=O)NCC(c2ccsc2)N2CCCC2)s1. The van der Waals surface area contributed by atoms with E-state index in [0.29, 0.717) is 10.8 Å². The van der Waals surface area contributed by atoms with Gasteiger partial charge in [0.05, 0.1) is 0 Å². The second kappa shape index (κ2) is 7.44. The van der Waals surface area contributed by atoms with Gasteiger partial charge in [0, 0.05) is 17.5 Å². The number of thiophene rings is 2. The highest BCUT2D eigenvalue weighted by Crippen LogP contribution is 2.27. The first-order valence-corrected chi connectivity index (χ1v) is 11.2. The Morgan fingerprint density at radius 1 is 1.26 bits per heavy atom. The average Bonchev–Trinajstić information content (AvgIpc) is 3.29. The van der Waals surface area contributed by atoms with Crippen LogP contribution in [0.4, 0.5) is 0 Å². The summed E-state index contributed by atoms with van der Waals surface area (Å²) in [5.41, 5.74) is 1.21. The Balaban J connectivity index is 1.73. The lowest BCUT2D eigenvalue weighted by molar-refractivity contribution is 0.247. The zero-order valence-corrected chi connectivity index (χ0v) is 15.6. The lowest BCUT2D eigenvalue weighted by Crippen LogP contribution is -2.36. The predicted molar refractivity (Wildman–Crippen MR) is 96.8 cm³/mol. The van der Waals surface area contributed by atoms with Crippen LogP contribution in [-0.2, 0) is 16.4 Å². The maximum atomic E-state index is 12.5. The molecule has 3 heterocycles. The third-order valence-electron chi connectivity index (χ3n) is 4.23. The maximum absolute atomic E-state index is 12.5. The molecule has 2 aromatic heterocycles. The minimum Gasteiger partial charge on any atom is -0.295 e. The van der Waals surface area contributed by atoms with Crippen molar-refractivity contribution in [3.63, 3.8) is 0 Å². The van der Waals surface area contributed by atoms with E-state index < -0.39 is 10.0 Å². The Labute approximate surface area is 146 Å². The highest BCUT2D eigenvalue weighted by molar-refractivity contribution is 7.91. The van der Waals surface area contributed by atoms with Crippen molar-refractivity contribution in [1.29, 1.82) is 0 Å². The number of nitrogens with one attached hydrogen (secondary N) is 1. The smallest absolute Gasteiger partial charge is 0.250 e. The Kier molecular flexibility index (Phi) is 5.53. The molecule has 7 heteroatoms. The van der Waals surface area contributed by atoms with Gasteiger partial charge in [-0.05, 0) is 66.9 Å². The van der Waals surface area contributed by atoms with Crippen molar-refractivity contribution in [1.82, 2.24) is 9.62 Å². The number of likely N-dealkylation sites (tertiary alicyclic amines) is 1. The molecule has 1 aliphatic heterocycles. The first-order chi connectivity index (χ1) is 11.1. The minimum atomic E-state index is -3.42. The third-order valence-corrected chi connectivity index (χ3v) is 8.07. The molecule has 3 rings (SSSR count). The normalized spacial score (nSPS) is 17.6. The van der Waals surface area contributed by atoms with E-state index in [9.17, 15) is 8.42 Å². The monoisotopic (exact) mass is 370 g/mol. The van der Waals surface area contributed by atoms with Crippen molar-refractivity contribution in [2.45, 2.75) is 36.4 Å². The molecule has 1 aliphatic rings. The highest BCUT2D eigenvalue weighted by Gasteiger charge is 2.26. The second-order valence-electron chi connectivity index (χ2n) is 5.74. The number of sulfonamides is 1. The molecule has 0 radical (unpaired) electrons. The van der Waals surface area contributed by atoms with Crippen LogP contribution in [0, 0.1) is 0 Å². The summed E-state index contributed by atoms with van der Waals surface area (Å²) in [6.45, 7) is 4.55. The molecule has 0 aliphatic carbocycles. The van der Waals surface area contributed by atoms with Gasteiger partial charge < -0.3 is 0 Å². The molecule has 1 atom stereocenters. The molecule has 0 saturated carbocycles. The molecule has 23 heavy (non-hydrogen) atoms. The van der Waals surface area contributed by atoms with Gasteiger partial charge in [0.2, 0.25) is 10.0 Å². The van der Waals surface area contributed by atoms with Crippen LogP contribution >= 0.6 is 22.7 Å². The molecule has 0 aromatic carbocycles. The summed E-state index contributed by atoms with van der Waals surface area (Å²) < 4.78 is 28.3. The van der Waals surface area contributed by atoms with Gasteiger partial charge in [-0.15, -0.1) is 11.3 Å². The summed E-state index contributed by atoms with van der Waals surface area (Å²) in [4.78, 5) is 3.48. The molecule has 0 spiro atoms. The van der Waals surface area contributed by atoms with Gasteiger partial charge in [-0.25, -0.2) is 13.1 Å². The van der Waals surface area contributed by atoms with Gasteiger partial charge in [0.25, 0.3) is 0 Å². The molecule has 1 fully saturated rings.